The van der Waals surface area contributed by atoms with Crippen molar-refractivity contribution in [1.82, 2.24) is 20.2 Å². The van der Waals surface area contributed by atoms with E-state index in [-0.39, 0.29) is 5.95 Å². The minimum Gasteiger partial charge on any atom is -0.368 e. The van der Waals surface area contributed by atoms with Gasteiger partial charge in [0.25, 0.3) is 0 Å². The van der Waals surface area contributed by atoms with Crippen LogP contribution in [-0.4, -0.2) is 20.2 Å². The average molecular weight is 236 g/mol. The Labute approximate surface area is 97.1 Å². The molecule has 16 heavy (non-hydrogen) atoms. The van der Waals surface area contributed by atoms with Crippen LogP contribution in [0.5, 0.6) is 0 Å². The third-order valence-corrected chi connectivity index (χ3v) is 2.90. The molecule has 0 amide bonds. The molecule has 2 aromatic rings. The zero-order valence-electron chi connectivity index (χ0n) is 8.44. The van der Waals surface area contributed by atoms with E-state index in [0.717, 1.165) is 11.4 Å². The Morgan fingerprint density at radius 3 is 3.00 bits per heavy atom. The number of nitrogens with one attached hydrogen (secondary N) is 1. The number of rotatable bonds is 2. The summed E-state index contributed by atoms with van der Waals surface area (Å²) in [5.41, 5.74) is 7.97. The Morgan fingerprint density at radius 1 is 1.44 bits per heavy atom. The van der Waals surface area contributed by atoms with Gasteiger partial charge in [-0.05, 0) is 18.9 Å². The van der Waals surface area contributed by atoms with E-state index in [1.807, 2.05) is 6.07 Å². The van der Waals surface area contributed by atoms with Gasteiger partial charge in [-0.3, -0.25) is 5.10 Å². The van der Waals surface area contributed by atoms with Gasteiger partial charge in [0.05, 0.1) is 11.2 Å². The van der Waals surface area contributed by atoms with Gasteiger partial charge in [0.15, 0.2) is 0 Å². The van der Waals surface area contributed by atoms with Crippen LogP contribution in [0.15, 0.2) is 12.3 Å². The monoisotopic (exact) mass is 235 g/mol. The molecule has 3 N–H and O–H groups in total. The number of nitrogen functional groups attached to an aromatic ring is 1. The zero-order valence-corrected chi connectivity index (χ0v) is 9.20. The highest BCUT2D eigenvalue weighted by Gasteiger charge is 2.26. The largest absolute Gasteiger partial charge is 0.368 e. The van der Waals surface area contributed by atoms with E-state index in [4.69, 9.17) is 17.3 Å². The summed E-state index contributed by atoms with van der Waals surface area (Å²) in [7, 11) is 0. The molecule has 0 aliphatic heterocycles. The third-order valence-electron chi connectivity index (χ3n) is 2.62. The summed E-state index contributed by atoms with van der Waals surface area (Å²) in [6, 6.07) is 1.98. The van der Waals surface area contributed by atoms with Gasteiger partial charge in [-0.1, -0.05) is 11.6 Å². The summed E-state index contributed by atoms with van der Waals surface area (Å²) in [5.74, 6) is 0.828. The quantitative estimate of drug-likeness (QED) is 0.834. The maximum atomic E-state index is 6.00. The molecule has 0 aromatic carbocycles. The highest BCUT2D eigenvalue weighted by Crippen LogP contribution is 2.40. The molecule has 0 unspecified atom stereocenters. The molecular weight excluding hydrogens is 226 g/mol. The summed E-state index contributed by atoms with van der Waals surface area (Å²) in [4.78, 5) is 7.90. The first-order valence-electron chi connectivity index (χ1n) is 5.08. The van der Waals surface area contributed by atoms with E-state index in [1.165, 1.54) is 19.0 Å². The minimum absolute atomic E-state index is 0.204. The normalized spacial score (nSPS) is 15.3. The first kappa shape index (κ1) is 9.59. The number of hydrogen-bond acceptors (Lipinski definition) is 4. The number of aromatic nitrogens is 4. The zero-order chi connectivity index (χ0) is 11.1. The second-order valence-corrected chi connectivity index (χ2v) is 4.31. The standard InChI is InChI=1S/C10H10ClN5/c11-6-4-13-10(12)14-9(6)8-3-7(15-16-8)5-1-2-5/h3-5H,1-2H2,(H,15,16)(H2,12,13,14). The SMILES string of the molecule is Nc1ncc(Cl)c(-c2cc(C3CC3)[nH]n2)n1. The topological polar surface area (TPSA) is 80.5 Å². The maximum absolute atomic E-state index is 6.00. The van der Waals surface area contributed by atoms with Crippen LogP contribution in [0.25, 0.3) is 11.4 Å². The molecule has 0 atom stereocenters. The van der Waals surface area contributed by atoms with Crippen molar-refractivity contribution in [3.05, 3.63) is 23.0 Å². The molecule has 0 spiro atoms. The summed E-state index contributed by atoms with van der Waals surface area (Å²) < 4.78 is 0. The molecule has 1 saturated carbocycles. The van der Waals surface area contributed by atoms with E-state index < -0.39 is 0 Å². The van der Waals surface area contributed by atoms with Crippen molar-refractivity contribution in [3.63, 3.8) is 0 Å². The molecule has 82 valence electrons. The van der Waals surface area contributed by atoms with E-state index in [9.17, 15) is 0 Å². The van der Waals surface area contributed by atoms with Crippen LogP contribution in [0.3, 0.4) is 0 Å². The molecule has 1 aliphatic rings. The fourth-order valence-electron chi connectivity index (χ4n) is 1.62. The highest BCUT2D eigenvalue weighted by molar-refractivity contribution is 6.32. The maximum Gasteiger partial charge on any atom is 0.220 e. The lowest BCUT2D eigenvalue weighted by molar-refractivity contribution is 0.965. The van der Waals surface area contributed by atoms with Gasteiger partial charge in [-0.15, -0.1) is 0 Å². The summed E-state index contributed by atoms with van der Waals surface area (Å²) in [6.07, 6.45) is 3.94. The number of halogens is 1. The van der Waals surface area contributed by atoms with Crippen LogP contribution in [0.1, 0.15) is 24.5 Å². The lowest BCUT2D eigenvalue weighted by atomic mass is 10.2. The Bertz CT molecular complexity index is 532. The predicted octanol–water partition coefficient (Wildman–Crippen LogP) is 1.98. The van der Waals surface area contributed by atoms with Crippen LogP contribution in [0.2, 0.25) is 5.02 Å². The molecule has 1 aliphatic carbocycles. The number of anilines is 1. The predicted molar refractivity (Wildman–Crippen MR) is 61.0 cm³/mol. The molecule has 2 heterocycles. The van der Waals surface area contributed by atoms with E-state index in [0.29, 0.717) is 16.6 Å². The summed E-state index contributed by atoms with van der Waals surface area (Å²) in [6.45, 7) is 0. The van der Waals surface area contributed by atoms with Crippen LogP contribution in [0.4, 0.5) is 5.95 Å². The van der Waals surface area contributed by atoms with Crippen LogP contribution in [-0.2, 0) is 0 Å². The van der Waals surface area contributed by atoms with Crippen molar-refractivity contribution >= 4 is 17.5 Å². The molecular formula is C10H10ClN5. The molecule has 1 fully saturated rings. The molecule has 3 rings (SSSR count). The number of nitrogens with two attached hydrogens (primary N) is 1. The molecule has 6 heteroatoms. The Balaban J connectivity index is 2.03. The second-order valence-electron chi connectivity index (χ2n) is 3.91. The fourth-order valence-corrected chi connectivity index (χ4v) is 1.81. The smallest absolute Gasteiger partial charge is 0.220 e. The van der Waals surface area contributed by atoms with Gasteiger partial charge in [0, 0.05) is 11.6 Å². The van der Waals surface area contributed by atoms with Crippen molar-refractivity contribution in [2.24, 2.45) is 0 Å². The lowest BCUT2D eigenvalue weighted by Crippen LogP contribution is -1.96. The van der Waals surface area contributed by atoms with Gasteiger partial charge in [-0.25, -0.2) is 9.97 Å². The number of hydrogen-bond donors (Lipinski definition) is 2. The summed E-state index contributed by atoms with van der Waals surface area (Å²) >= 11 is 6.00. The van der Waals surface area contributed by atoms with Gasteiger partial charge < -0.3 is 5.73 Å². The number of nitrogens with zero attached hydrogens (tertiary/aromatic N) is 3. The summed E-state index contributed by atoms with van der Waals surface area (Å²) in [5, 5.41) is 7.66. The molecule has 0 radical (unpaired) electrons. The third kappa shape index (κ3) is 1.63. The number of aromatic amines is 1. The first-order valence-corrected chi connectivity index (χ1v) is 5.45. The molecule has 0 saturated heterocycles. The molecule has 0 bridgehead atoms. The van der Waals surface area contributed by atoms with E-state index >= 15 is 0 Å². The second kappa shape index (κ2) is 3.45. The van der Waals surface area contributed by atoms with Crippen molar-refractivity contribution in [2.75, 3.05) is 5.73 Å². The Hall–Kier alpha value is -1.62. The first-order chi connectivity index (χ1) is 7.74. The van der Waals surface area contributed by atoms with Crippen LogP contribution in [0, 0.1) is 0 Å². The van der Waals surface area contributed by atoms with Crippen LogP contribution >= 0.6 is 11.6 Å². The van der Waals surface area contributed by atoms with Crippen molar-refractivity contribution < 1.29 is 0 Å². The van der Waals surface area contributed by atoms with Crippen molar-refractivity contribution in [2.45, 2.75) is 18.8 Å². The Kier molecular flexibility index (Phi) is 2.07. The van der Waals surface area contributed by atoms with Crippen molar-refractivity contribution in [3.8, 4) is 11.4 Å². The van der Waals surface area contributed by atoms with E-state index in [2.05, 4.69) is 20.2 Å². The van der Waals surface area contributed by atoms with E-state index in [1.54, 1.807) is 0 Å². The lowest BCUT2D eigenvalue weighted by Gasteiger charge is -1.99. The number of H-pyrrole nitrogens is 1. The van der Waals surface area contributed by atoms with Gasteiger partial charge in [0.2, 0.25) is 5.95 Å². The van der Waals surface area contributed by atoms with Crippen LogP contribution < -0.4 is 5.73 Å². The Morgan fingerprint density at radius 2 is 2.25 bits per heavy atom. The van der Waals surface area contributed by atoms with Gasteiger partial charge in [0.1, 0.15) is 11.4 Å². The minimum atomic E-state index is 0.204. The molecule has 5 nitrogen and oxygen atoms in total. The highest BCUT2D eigenvalue weighted by atomic mass is 35.5. The van der Waals surface area contributed by atoms with Crippen molar-refractivity contribution in [1.29, 1.82) is 0 Å². The molecule has 2 aromatic heterocycles. The average Bonchev–Trinajstić information content (AvgIpc) is 3.01. The van der Waals surface area contributed by atoms with Gasteiger partial charge in [-0.2, -0.15) is 5.10 Å². The fraction of sp³-hybridized carbons (Fsp3) is 0.300. The van der Waals surface area contributed by atoms with Gasteiger partial charge >= 0.3 is 0 Å².